The van der Waals surface area contributed by atoms with Gasteiger partial charge in [0, 0.05) is 5.92 Å². The highest BCUT2D eigenvalue weighted by Crippen LogP contribution is 2.31. The van der Waals surface area contributed by atoms with E-state index in [9.17, 15) is 4.55 Å². The van der Waals surface area contributed by atoms with Crippen LogP contribution in [0.3, 0.4) is 0 Å². The number of rotatable bonds is 0. The molecule has 72 valence electrons. The van der Waals surface area contributed by atoms with Gasteiger partial charge < -0.3 is 4.55 Å². The van der Waals surface area contributed by atoms with Crippen molar-refractivity contribution in [3.8, 4) is 0 Å². The van der Waals surface area contributed by atoms with E-state index in [0.29, 0.717) is 11.3 Å². The SMILES string of the molecule is CC1CCC(C)(C)CC[S+]([O-])C1. The zero-order valence-corrected chi connectivity index (χ0v) is 9.25. The van der Waals surface area contributed by atoms with Crippen LogP contribution in [0.25, 0.3) is 0 Å². The van der Waals surface area contributed by atoms with Crippen LogP contribution in [-0.2, 0) is 11.2 Å². The lowest BCUT2D eigenvalue weighted by Gasteiger charge is -2.30. The Hall–Kier alpha value is 0.310. The van der Waals surface area contributed by atoms with E-state index in [0.717, 1.165) is 17.9 Å². The first-order valence-electron chi connectivity index (χ1n) is 4.84. The first-order chi connectivity index (χ1) is 5.49. The molecule has 1 aliphatic heterocycles. The highest BCUT2D eigenvalue weighted by molar-refractivity contribution is 7.91. The van der Waals surface area contributed by atoms with Crippen molar-refractivity contribution in [1.29, 1.82) is 0 Å². The third-order valence-electron chi connectivity index (χ3n) is 2.79. The van der Waals surface area contributed by atoms with E-state index in [2.05, 4.69) is 20.8 Å². The molecular formula is C10H20OS. The van der Waals surface area contributed by atoms with Gasteiger partial charge in [0.25, 0.3) is 0 Å². The molecule has 0 N–H and O–H groups in total. The zero-order chi connectivity index (χ0) is 9.19. The van der Waals surface area contributed by atoms with E-state index in [1.807, 2.05) is 0 Å². The predicted octanol–water partition coefficient (Wildman–Crippen LogP) is 2.58. The monoisotopic (exact) mass is 188 g/mol. The molecule has 1 heterocycles. The van der Waals surface area contributed by atoms with E-state index < -0.39 is 11.2 Å². The summed E-state index contributed by atoms with van der Waals surface area (Å²) in [6, 6.07) is 0. The molecule has 0 saturated carbocycles. The molecule has 2 heteroatoms. The summed E-state index contributed by atoms with van der Waals surface area (Å²) in [6.45, 7) is 6.81. The van der Waals surface area contributed by atoms with Gasteiger partial charge in [-0.1, -0.05) is 31.9 Å². The first-order valence-corrected chi connectivity index (χ1v) is 6.33. The van der Waals surface area contributed by atoms with E-state index in [1.165, 1.54) is 12.8 Å². The van der Waals surface area contributed by atoms with E-state index in [-0.39, 0.29) is 0 Å². The van der Waals surface area contributed by atoms with Crippen molar-refractivity contribution in [3.63, 3.8) is 0 Å². The van der Waals surface area contributed by atoms with Crippen molar-refractivity contribution in [2.24, 2.45) is 11.3 Å². The molecule has 0 aromatic rings. The molecule has 1 nitrogen and oxygen atoms in total. The number of hydrogen-bond acceptors (Lipinski definition) is 1. The highest BCUT2D eigenvalue weighted by atomic mass is 32.2. The standard InChI is InChI=1S/C10H20OS/c1-9-4-5-10(2,3)6-7-12(11)8-9/h9H,4-8H2,1-3H3. The van der Waals surface area contributed by atoms with E-state index in [4.69, 9.17) is 0 Å². The van der Waals surface area contributed by atoms with Gasteiger partial charge in [0.15, 0.2) is 0 Å². The lowest BCUT2D eigenvalue weighted by atomic mass is 9.83. The average molecular weight is 188 g/mol. The number of hydrogen-bond donors (Lipinski definition) is 0. The Labute approximate surface area is 79.1 Å². The van der Waals surface area contributed by atoms with Crippen LogP contribution in [0.15, 0.2) is 0 Å². The third kappa shape index (κ3) is 3.36. The molecular weight excluding hydrogens is 168 g/mol. The Kier molecular flexibility index (Phi) is 3.47. The molecule has 0 aliphatic carbocycles. The van der Waals surface area contributed by atoms with Gasteiger partial charge in [-0.3, -0.25) is 0 Å². The van der Waals surface area contributed by atoms with Gasteiger partial charge in [0.2, 0.25) is 0 Å². The summed E-state index contributed by atoms with van der Waals surface area (Å²) in [5.41, 5.74) is 0.421. The minimum absolute atomic E-state index is 0.421. The van der Waals surface area contributed by atoms with Crippen LogP contribution in [0.1, 0.15) is 40.0 Å². The predicted molar refractivity (Wildman–Crippen MR) is 54.7 cm³/mol. The molecule has 0 aromatic carbocycles. The molecule has 1 fully saturated rings. The highest BCUT2D eigenvalue weighted by Gasteiger charge is 2.26. The van der Waals surface area contributed by atoms with Crippen LogP contribution in [0.5, 0.6) is 0 Å². The van der Waals surface area contributed by atoms with Gasteiger partial charge in [-0.25, -0.2) is 0 Å². The van der Waals surface area contributed by atoms with Gasteiger partial charge in [0.1, 0.15) is 11.5 Å². The Morgan fingerprint density at radius 1 is 1.33 bits per heavy atom. The van der Waals surface area contributed by atoms with Crippen molar-refractivity contribution >= 4 is 11.2 Å². The van der Waals surface area contributed by atoms with Crippen LogP contribution in [0, 0.1) is 11.3 Å². The van der Waals surface area contributed by atoms with Crippen LogP contribution >= 0.6 is 0 Å². The fraction of sp³-hybridized carbons (Fsp3) is 1.00. The maximum absolute atomic E-state index is 11.4. The molecule has 2 unspecified atom stereocenters. The van der Waals surface area contributed by atoms with E-state index in [1.54, 1.807) is 0 Å². The lowest BCUT2D eigenvalue weighted by Crippen LogP contribution is -2.26. The normalized spacial score (nSPS) is 37.0. The minimum atomic E-state index is -0.545. The van der Waals surface area contributed by atoms with Crippen LogP contribution < -0.4 is 0 Å². The Morgan fingerprint density at radius 2 is 2.00 bits per heavy atom. The smallest absolute Gasteiger partial charge is 0.108 e. The van der Waals surface area contributed by atoms with Gasteiger partial charge >= 0.3 is 0 Å². The van der Waals surface area contributed by atoms with Gasteiger partial charge in [-0.15, -0.1) is 0 Å². The largest absolute Gasteiger partial charge is 0.616 e. The van der Waals surface area contributed by atoms with Crippen molar-refractivity contribution in [2.75, 3.05) is 11.5 Å². The Morgan fingerprint density at radius 3 is 2.67 bits per heavy atom. The summed E-state index contributed by atoms with van der Waals surface area (Å²) >= 11 is -0.545. The summed E-state index contributed by atoms with van der Waals surface area (Å²) < 4.78 is 11.4. The molecule has 0 bridgehead atoms. The van der Waals surface area contributed by atoms with Crippen molar-refractivity contribution in [3.05, 3.63) is 0 Å². The molecule has 0 radical (unpaired) electrons. The third-order valence-corrected chi connectivity index (χ3v) is 4.39. The summed E-state index contributed by atoms with van der Waals surface area (Å²) in [6.07, 6.45) is 3.68. The van der Waals surface area contributed by atoms with Gasteiger partial charge in [0.05, 0.1) is 0 Å². The van der Waals surface area contributed by atoms with Crippen LogP contribution in [-0.4, -0.2) is 16.1 Å². The topological polar surface area (TPSA) is 23.1 Å². The zero-order valence-electron chi connectivity index (χ0n) is 8.43. The molecule has 0 amide bonds. The summed E-state index contributed by atoms with van der Waals surface area (Å²) in [5.74, 6) is 2.50. The molecule has 1 saturated heterocycles. The second-order valence-electron chi connectivity index (χ2n) is 4.87. The summed E-state index contributed by atoms with van der Waals surface area (Å²) in [5, 5.41) is 0. The molecule has 0 aromatic heterocycles. The Balaban J connectivity index is 2.48. The molecule has 2 atom stereocenters. The van der Waals surface area contributed by atoms with Gasteiger partial charge in [-0.2, -0.15) is 0 Å². The van der Waals surface area contributed by atoms with Crippen LogP contribution in [0.4, 0.5) is 0 Å². The Bertz CT molecular complexity index is 131. The van der Waals surface area contributed by atoms with Crippen molar-refractivity contribution < 1.29 is 4.55 Å². The average Bonchev–Trinajstić information content (AvgIpc) is 1.96. The van der Waals surface area contributed by atoms with Crippen molar-refractivity contribution in [1.82, 2.24) is 0 Å². The second-order valence-corrected chi connectivity index (χ2v) is 6.49. The summed E-state index contributed by atoms with van der Waals surface area (Å²) in [7, 11) is 0. The quantitative estimate of drug-likeness (QED) is 0.536. The first kappa shape index (κ1) is 10.4. The lowest BCUT2D eigenvalue weighted by molar-refractivity contribution is 0.288. The van der Waals surface area contributed by atoms with Crippen LogP contribution in [0.2, 0.25) is 0 Å². The molecule has 12 heavy (non-hydrogen) atoms. The minimum Gasteiger partial charge on any atom is -0.616 e. The van der Waals surface area contributed by atoms with Crippen molar-refractivity contribution in [2.45, 2.75) is 40.0 Å². The molecule has 1 aliphatic rings. The molecule has 0 spiro atoms. The fourth-order valence-corrected chi connectivity index (χ4v) is 3.38. The maximum Gasteiger partial charge on any atom is 0.108 e. The molecule has 1 rings (SSSR count). The van der Waals surface area contributed by atoms with E-state index >= 15 is 0 Å². The maximum atomic E-state index is 11.4. The summed E-state index contributed by atoms with van der Waals surface area (Å²) in [4.78, 5) is 0. The second kappa shape index (κ2) is 4.01. The fourth-order valence-electron chi connectivity index (χ4n) is 1.64. The van der Waals surface area contributed by atoms with Gasteiger partial charge in [-0.05, 0) is 24.7 Å².